The van der Waals surface area contributed by atoms with Gasteiger partial charge in [-0.05, 0) is 49.4 Å². The Morgan fingerprint density at radius 2 is 1.75 bits per heavy atom. The number of rotatable bonds is 9. The highest BCUT2D eigenvalue weighted by atomic mass is 19.2. The minimum Gasteiger partial charge on any atom is -0.314 e. The zero-order valence-corrected chi connectivity index (χ0v) is 12.9. The lowest BCUT2D eigenvalue weighted by atomic mass is 9.91. The second-order valence-corrected chi connectivity index (χ2v) is 5.52. The molecule has 0 fully saturated rings. The Kier molecular flexibility index (Phi) is 7.75. The maximum absolute atomic E-state index is 13.3. The zero-order chi connectivity index (χ0) is 15.0. The third-order valence-corrected chi connectivity index (χ3v) is 3.92. The van der Waals surface area contributed by atoms with E-state index in [9.17, 15) is 8.78 Å². The first-order valence-electron chi connectivity index (χ1n) is 7.77. The molecule has 0 bridgehead atoms. The Balaban J connectivity index is 2.69. The van der Waals surface area contributed by atoms with Crippen molar-refractivity contribution in [1.82, 2.24) is 5.32 Å². The topological polar surface area (TPSA) is 12.0 Å². The summed E-state index contributed by atoms with van der Waals surface area (Å²) in [5, 5.41) is 3.53. The first-order chi connectivity index (χ1) is 9.60. The number of hydrogen-bond donors (Lipinski definition) is 1. The molecule has 1 rings (SSSR count). The van der Waals surface area contributed by atoms with Crippen molar-refractivity contribution < 1.29 is 8.78 Å². The number of nitrogens with one attached hydrogen (secondary N) is 1. The fraction of sp³-hybridized carbons (Fsp3) is 0.647. The molecule has 0 saturated carbocycles. The average molecular weight is 283 g/mol. The highest BCUT2D eigenvalue weighted by Gasteiger charge is 2.15. The van der Waals surface area contributed by atoms with E-state index in [-0.39, 0.29) is 0 Å². The van der Waals surface area contributed by atoms with Gasteiger partial charge in [-0.1, -0.05) is 39.7 Å². The van der Waals surface area contributed by atoms with Gasteiger partial charge < -0.3 is 5.32 Å². The van der Waals surface area contributed by atoms with Crippen LogP contribution in [0.2, 0.25) is 0 Å². The molecule has 0 heterocycles. The van der Waals surface area contributed by atoms with Crippen LogP contribution in [0, 0.1) is 17.6 Å². The molecular formula is C17H27F2N. The van der Waals surface area contributed by atoms with Gasteiger partial charge in [0.15, 0.2) is 11.6 Å². The van der Waals surface area contributed by atoms with Crippen molar-refractivity contribution in [3.8, 4) is 0 Å². The van der Waals surface area contributed by atoms with Crippen molar-refractivity contribution in [1.29, 1.82) is 0 Å². The highest BCUT2D eigenvalue weighted by molar-refractivity contribution is 5.18. The minimum atomic E-state index is -0.771. The number of benzene rings is 1. The van der Waals surface area contributed by atoms with E-state index in [2.05, 4.69) is 26.1 Å². The summed E-state index contributed by atoms with van der Waals surface area (Å²) in [6.07, 6.45) is 5.26. The van der Waals surface area contributed by atoms with Crippen molar-refractivity contribution in [3.63, 3.8) is 0 Å². The van der Waals surface area contributed by atoms with E-state index in [1.54, 1.807) is 6.07 Å². The number of halogens is 2. The Hall–Kier alpha value is -0.960. The lowest BCUT2D eigenvalue weighted by Gasteiger charge is -2.23. The Labute approximate surface area is 121 Å². The highest BCUT2D eigenvalue weighted by Crippen LogP contribution is 2.18. The van der Waals surface area contributed by atoms with Gasteiger partial charge in [0.05, 0.1) is 0 Å². The zero-order valence-electron chi connectivity index (χ0n) is 12.9. The summed E-state index contributed by atoms with van der Waals surface area (Å²) < 4.78 is 26.2. The molecule has 1 unspecified atom stereocenters. The van der Waals surface area contributed by atoms with Gasteiger partial charge in [-0.15, -0.1) is 0 Å². The van der Waals surface area contributed by atoms with Crippen molar-refractivity contribution in [2.75, 3.05) is 6.54 Å². The first kappa shape index (κ1) is 17.1. The molecule has 20 heavy (non-hydrogen) atoms. The fourth-order valence-corrected chi connectivity index (χ4v) is 2.56. The van der Waals surface area contributed by atoms with E-state index in [1.807, 2.05) is 0 Å². The van der Waals surface area contributed by atoms with E-state index in [4.69, 9.17) is 0 Å². The predicted octanol–water partition coefficient (Wildman–Crippen LogP) is 4.70. The SMILES string of the molecule is CCCNC(Cc1ccc(F)c(F)c1)CC(CC)CC. The largest absolute Gasteiger partial charge is 0.314 e. The standard InChI is InChI=1S/C17H27F2N/c1-4-9-20-15(10-13(5-2)6-3)11-14-7-8-16(18)17(19)12-14/h7-8,12-13,15,20H,4-6,9-11H2,1-3H3. The van der Waals surface area contributed by atoms with Crippen LogP contribution in [0.4, 0.5) is 8.78 Å². The second-order valence-electron chi connectivity index (χ2n) is 5.52. The molecule has 0 aliphatic rings. The second kappa shape index (κ2) is 9.06. The van der Waals surface area contributed by atoms with E-state index in [0.29, 0.717) is 12.0 Å². The van der Waals surface area contributed by atoms with Crippen LogP contribution in [-0.2, 0) is 6.42 Å². The Morgan fingerprint density at radius 1 is 1.05 bits per heavy atom. The van der Waals surface area contributed by atoms with Crippen molar-refractivity contribution >= 4 is 0 Å². The number of hydrogen-bond acceptors (Lipinski definition) is 1. The predicted molar refractivity (Wildman–Crippen MR) is 80.8 cm³/mol. The van der Waals surface area contributed by atoms with Crippen LogP contribution in [0.25, 0.3) is 0 Å². The molecule has 0 radical (unpaired) electrons. The molecule has 3 heteroatoms. The van der Waals surface area contributed by atoms with Gasteiger partial charge in [-0.3, -0.25) is 0 Å². The van der Waals surface area contributed by atoms with Gasteiger partial charge in [0.2, 0.25) is 0 Å². The van der Waals surface area contributed by atoms with Crippen LogP contribution in [0.15, 0.2) is 18.2 Å². The quantitative estimate of drug-likeness (QED) is 0.692. The average Bonchev–Trinajstić information content (AvgIpc) is 2.45. The molecule has 0 spiro atoms. The van der Waals surface area contributed by atoms with Crippen LogP contribution < -0.4 is 5.32 Å². The van der Waals surface area contributed by atoms with Crippen LogP contribution in [-0.4, -0.2) is 12.6 Å². The van der Waals surface area contributed by atoms with E-state index >= 15 is 0 Å². The van der Waals surface area contributed by atoms with Crippen molar-refractivity contribution in [2.45, 2.75) is 58.9 Å². The molecule has 0 aliphatic carbocycles. The maximum Gasteiger partial charge on any atom is 0.159 e. The lowest BCUT2D eigenvalue weighted by Crippen LogP contribution is -2.33. The maximum atomic E-state index is 13.3. The molecule has 1 aromatic rings. The van der Waals surface area contributed by atoms with E-state index in [0.717, 1.165) is 31.4 Å². The molecule has 1 nitrogen and oxygen atoms in total. The molecule has 114 valence electrons. The Morgan fingerprint density at radius 3 is 2.30 bits per heavy atom. The van der Waals surface area contributed by atoms with Crippen LogP contribution >= 0.6 is 0 Å². The van der Waals surface area contributed by atoms with Gasteiger partial charge in [0.25, 0.3) is 0 Å². The fourth-order valence-electron chi connectivity index (χ4n) is 2.56. The van der Waals surface area contributed by atoms with Gasteiger partial charge in [-0.2, -0.15) is 0 Å². The minimum absolute atomic E-state index is 0.338. The monoisotopic (exact) mass is 283 g/mol. The van der Waals surface area contributed by atoms with E-state index in [1.165, 1.54) is 25.0 Å². The van der Waals surface area contributed by atoms with Crippen molar-refractivity contribution in [3.05, 3.63) is 35.4 Å². The smallest absolute Gasteiger partial charge is 0.159 e. The summed E-state index contributed by atoms with van der Waals surface area (Å²) in [5.74, 6) is -0.833. The molecule has 1 N–H and O–H groups in total. The molecule has 0 aliphatic heterocycles. The summed E-state index contributed by atoms with van der Waals surface area (Å²) in [6.45, 7) is 7.53. The normalized spacial score (nSPS) is 12.9. The molecule has 0 aromatic heterocycles. The van der Waals surface area contributed by atoms with Crippen LogP contribution in [0.5, 0.6) is 0 Å². The summed E-state index contributed by atoms with van der Waals surface area (Å²) in [4.78, 5) is 0. The summed E-state index contributed by atoms with van der Waals surface area (Å²) in [5.41, 5.74) is 0.864. The van der Waals surface area contributed by atoms with Gasteiger partial charge in [0, 0.05) is 6.04 Å². The third-order valence-electron chi connectivity index (χ3n) is 3.92. The van der Waals surface area contributed by atoms with Gasteiger partial charge >= 0.3 is 0 Å². The molecule has 0 saturated heterocycles. The first-order valence-corrected chi connectivity index (χ1v) is 7.77. The van der Waals surface area contributed by atoms with E-state index < -0.39 is 11.6 Å². The van der Waals surface area contributed by atoms with Gasteiger partial charge in [0.1, 0.15) is 0 Å². The molecule has 1 atom stereocenters. The van der Waals surface area contributed by atoms with Crippen molar-refractivity contribution in [2.24, 2.45) is 5.92 Å². The summed E-state index contributed by atoms with van der Waals surface area (Å²) >= 11 is 0. The molecular weight excluding hydrogens is 256 g/mol. The molecule has 1 aromatic carbocycles. The lowest BCUT2D eigenvalue weighted by molar-refractivity contribution is 0.363. The van der Waals surface area contributed by atoms with Crippen LogP contribution in [0.1, 0.15) is 52.0 Å². The van der Waals surface area contributed by atoms with Gasteiger partial charge in [-0.25, -0.2) is 8.78 Å². The summed E-state index contributed by atoms with van der Waals surface area (Å²) in [6, 6.07) is 4.57. The summed E-state index contributed by atoms with van der Waals surface area (Å²) in [7, 11) is 0. The molecule has 0 amide bonds. The van der Waals surface area contributed by atoms with Crippen LogP contribution in [0.3, 0.4) is 0 Å². The third kappa shape index (κ3) is 5.58. The Bertz CT molecular complexity index is 389.